The second-order valence-corrected chi connectivity index (χ2v) is 4.54. The third-order valence-electron chi connectivity index (χ3n) is 3.21. The average Bonchev–Trinajstić information content (AvgIpc) is 2.76. The van der Waals surface area contributed by atoms with E-state index in [1.54, 1.807) is 4.57 Å². The second-order valence-electron chi connectivity index (χ2n) is 4.54. The molecule has 0 bridgehead atoms. The summed E-state index contributed by atoms with van der Waals surface area (Å²) in [7, 11) is 0. The Hall–Kier alpha value is -2.24. The van der Waals surface area contributed by atoms with Gasteiger partial charge < -0.3 is 15.6 Å². The largest absolute Gasteiger partial charge is 0.356 e. The summed E-state index contributed by atoms with van der Waals surface area (Å²) >= 11 is 0. The molecule has 0 amide bonds. The number of aliphatic imine (C=N–C) groups is 1. The Morgan fingerprint density at radius 1 is 1.37 bits per heavy atom. The van der Waals surface area contributed by atoms with Crippen LogP contribution in [0.3, 0.4) is 0 Å². The summed E-state index contributed by atoms with van der Waals surface area (Å²) < 4.78 is 1.74. The summed E-state index contributed by atoms with van der Waals surface area (Å²) in [6.45, 7) is 3.11. The van der Waals surface area contributed by atoms with Gasteiger partial charge in [0.15, 0.2) is 5.96 Å². The molecule has 0 aliphatic carbocycles. The third kappa shape index (κ3) is 2.47. The van der Waals surface area contributed by atoms with Crippen LogP contribution in [0.25, 0.3) is 11.0 Å². The zero-order valence-electron chi connectivity index (χ0n) is 10.6. The molecular formula is C13H17N5O. The molecule has 0 saturated heterocycles. The van der Waals surface area contributed by atoms with Crippen molar-refractivity contribution in [3.63, 3.8) is 0 Å². The van der Waals surface area contributed by atoms with Gasteiger partial charge in [0.05, 0.1) is 11.0 Å². The van der Waals surface area contributed by atoms with E-state index < -0.39 is 0 Å². The van der Waals surface area contributed by atoms with Crippen molar-refractivity contribution in [3.8, 4) is 0 Å². The molecule has 0 saturated carbocycles. The predicted octanol–water partition coefficient (Wildman–Crippen LogP) is 0.268. The number of hydrogen-bond acceptors (Lipinski definition) is 4. The molecule has 100 valence electrons. The van der Waals surface area contributed by atoms with Crippen LogP contribution in [0.2, 0.25) is 0 Å². The number of nitrogens with zero attached hydrogens (tertiary/aromatic N) is 2. The molecule has 1 aromatic carbocycles. The Labute approximate surface area is 110 Å². The fourth-order valence-electron chi connectivity index (χ4n) is 2.27. The maximum Gasteiger partial charge on any atom is 0.326 e. The molecule has 0 unspecified atom stereocenters. The Bertz CT molecular complexity index is 654. The Morgan fingerprint density at radius 3 is 3.11 bits per heavy atom. The minimum Gasteiger partial charge on any atom is -0.356 e. The maximum atomic E-state index is 11.9. The van der Waals surface area contributed by atoms with E-state index in [2.05, 4.69) is 20.6 Å². The number of benzene rings is 1. The monoisotopic (exact) mass is 259 g/mol. The van der Waals surface area contributed by atoms with E-state index in [0.29, 0.717) is 13.1 Å². The molecule has 1 aliphatic heterocycles. The van der Waals surface area contributed by atoms with Gasteiger partial charge in [-0.15, -0.1) is 0 Å². The van der Waals surface area contributed by atoms with Gasteiger partial charge in [-0.3, -0.25) is 9.56 Å². The SMILES string of the molecule is O=c1[nH]c2ccccc2n1CCNC1=NCCCN1. The standard InChI is InChI=1S/C13H17N5O/c19-13-17-10-4-1-2-5-11(10)18(13)9-8-16-12-14-6-3-7-15-12/h1-2,4-5H,3,6-9H2,(H,17,19)(H2,14,15,16). The number of H-pyrrole nitrogens is 1. The van der Waals surface area contributed by atoms with Crippen molar-refractivity contribution in [2.24, 2.45) is 4.99 Å². The van der Waals surface area contributed by atoms with Crippen molar-refractivity contribution in [2.75, 3.05) is 19.6 Å². The molecule has 1 aliphatic rings. The number of para-hydroxylation sites is 2. The molecule has 1 aromatic heterocycles. The van der Waals surface area contributed by atoms with Gasteiger partial charge in [0, 0.05) is 26.2 Å². The average molecular weight is 259 g/mol. The fraction of sp³-hybridized carbons (Fsp3) is 0.385. The number of nitrogens with one attached hydrogen (secondary N) is 3. The predicted molar refractivity (Wildman–Crippen MR) is 75.5 cm³/mol. The summed E-state index contributed by atoms with van der Waals surface area (Å²) in [6, 6.07) is 7.71. The first-order chi connectivity index (χ1) is 9.34. The highest BCUT2D eigenvalue weighted by Gasteiger charge is 2.06. The van der Waals surface area contributed by atoms with Crippen LogP contribution in [0.15, 0.2) is 34.1 Å². The molecular weight excluding hydrogens is 242 g/mol. The minimum absolute atomic E-state index is 0.0680. The highest BCUT2D eigenvalue weighted by Crippen LogP contribution is 2.08. The van der Waals surface area contributed by atoms with Gasteiger partial charge in [-0.05, 0) is 18.6 Å². The van der Waals surface area contributed by atoms with Gasteiger partial charge in [0.25, 0.3) is 0 Å². The van der Waals surface area contributed by atoms with Crippen LogP contribution in [0.1, 0.15) is 6.42 Å². The molecule has 3 rings (SSSR count). The van der Waals surface area contributed by atoms with Crippen LogP contribution in [0.4, 0.5) is 0 Å². The molecule has 6 heteroatoms. The van der Waals surface area contributed by atoms with Gasteiger partial charge in [0.1, 0.15) is 0 Å². The molecule has 0 spiro atoms. The first kappa shape index (κ1) is 11.8. The highest BCUT2D eigenvalue weighted by atomic mass is 16.1. The first-order valence-electron chi connectivity index (χ1n) is 6.54. The molecule has 0 radical (unpaired) electrons. The number of aromatic amines is 1. The zero-order chi connectivity index (χ0) is 13.1. The fourth-order valence-corrected chi connectivity index (χ4v) is 2.27. The number of fused-ring (bicyclic) bond motifs is 1. The topological polar surface area (TPSA) is 74.2 Å². The Kier molecular flexibility index (Phi) is 3.22. The van der Waals surface area contributed by atoms with Gasteiger partial charge in [0.2, 0.25) is 0 Å². The molecule has 0 atom stereocenters. The van der Waals surface area contributed by atoms with E-state index in [1.807, 2.05) is 24.3 Å². The first-order valence-corrected chi connectivity index (χ1v) is 6.54. The second kappa shape index (κ2) is 5.17. The quantitative estimate of drug-likeness (QED) is 0.740. The van der Waals surface area contributed by atoms with Crippen LogP contribution < -0.4 is 16.3 Å². The smallest absolute Gasteiger partial charge is 0.326 e. The van der Waals surface area contributed by atoms with Gasteiger partial charge in [-0.25, -0.2) is 4.79 Å². The summed E-state index contributed by atoms with van der Waals surface area (Å²) in [4.78, 5) is 19.0. The zero-order valence-corrected chi connectivity index (χ0v) is 10.6. The van der Waals surface area contributed by atoms with Crippen LogP contribution in [0, 0.1) is 0 Å². The lowest BCUT2D eigenvalue weighted by atomic mass is 10.3. The van der Waals surface area contributed by atoms with Crippen LogP contribution in [0.5, 0.6) is 0 Å². The summed E-state index contributed by atoms with van der Waals surface area (Å²) in [5.41, 5.74) is 1.75. The van der Waals surface area contributed by atoms with Crippen molar-refractivity contribution in [1.29, 1.82) is 0 Å². The number of rotatable bonds is 3. The Morgan fingerprint density at radius 2 is 2.26 bits per heavy atom. The lowest BCUT2D eigenvalue weighted by molar-refractivity contribution is 0.642. The van der Waals surface area contributed by atoms with Crippen molar-refractivity contribution in [3.05, 3.63) is 34.7 Å². The van der Waals surface area contributed by atoms with E-state index in [9.17, 15) is 4.79 Å². The lowest BCUT2D eigenvalue weighted by Gasteiger charge is -2.16. The van der Waals surface area contributed by atoms with Crippen LogP contribution in [-0.4, -0.2) is 35.1 Å². The van der Waals surface area contributed by atoms with Gasteiger partial charge in [-0.2, -0.15) is 0 Å². The van der Waals surface area contributed by atoms with Gasteiger partial charge >= 0.3 is 5.69 Å². The molecule has 6 nitrogen and oxygen atoms in total. The molecule has 19 heavy (non-hydrogen) atoms. The summed E-state index contributed by atoms with van der Waals surface area (Å²) in [5.74, 6) is 0.833. The molecule has 3 N–H and O–H groups in total. The molecule has 2 aromatic rings. The highest BCUT2D eigenvalue weighted by molar-refractivity contribution is 5.80. The van der Waals surface area contributed by atoms with Gasteiger partial charge in [-0.1, -0.05) is 12.1 Å². The lowest BCUT2D eigenvalue weighted by Crippen LogP contribution is -2.42. The normalized spacial score (nSPS) is 15.1. The van der Waals surface area contributed by atoms with Crippen molar-refractivity contribution >= 4 is 17.0 Å². The summed E-state index contributed by atoms with van der Waals surface area (Å²) in [5, 5.41) is 6.41. The van der Waals surface area contributed by atoms with Crippen molar-refractivity contribution in [2.45, 2.75) is 13.0 Å². The van der Waals surface area contributed by atoms with Crippen LogP contribution >= 0.6 is 0 Å². The minimum atomic E-state index is -0.0680. The van der Waals surface area contributed by atoms with E-state index in [1.165, 1.54) is 0 Å². The van der Waals surface area contributed by atoms with Crippen molar-refractivity contribution in [1.82, 2.24) is 20.2 Å². The molecule has 2 heterocycles. The number of guanidine groups is 1. The van der Waals surface area contributed by atoms with E-state index in [-0.39, 0.29) is 5.69 Å². The van der Waals surface area contributed by atoms with E-state index >= 15 is 0 Å². The Balaban J connectivity index is 1.70. The number of aromatic nitrogens is 2. The third-order valence-corrected chi connectivity index (χ3v) is 3.21. The number of imidazole rings is 1. The maximum absolute atomic E-state index is 11.9. The van der Waals surface area contributed by atoms with Crippen LogP contribution in [-0.2, 0) is 6.54 Å². The van der Waals surface area contributed by atoms with E-state index in [4.69, 9.17) is 0 Å². The summed E-state index contributed by atoms with van der Waals surface area (Å²) in [6.07, 6.45) is 1.08. The number of hydrogen-bond donors (Lipinski definition) is 3. The van der Waals surface area contributed by atoms with Crippen molar-refractivity contribution < 1.29 is 0 Å². The van der Waals surface area contributed by atoms with E-state index in [0.717, 1.165) is 36.5 Å². The molecule has 0 fully saturated rings.